The Bertz CT molecular complexity index is 971. The van der Waals surface area contributed by atoms with Crippen LogP contribution in [0.3, 0.4) is 0 Å². The molecule has 2 aromatic rings. The van der Waals surface area contributed by atoms with Crippen LogP contribution in [0, 0.1) is 13.8 Å². The Morgan fingerprint density at radius 2 is 1.81 bits per heavy atom. The van der Waals surface area contributed by atoms with Gasteiger partial charge in [-0.25, -0.2) is 9.59 Å². The van der Waals surface area contributed by atoms with E-state index in [-0.39, 0.29) is 36.7 Å². The van der Waals surface area contributed by atoms with Gasteiger partial charge in [-0.05, 0) is 62.8 Å². The van der Waals surface area contributed by atoms with Crippen LogP contribution in [-0.2, 0) is 4.74 Å². The van der Waals surface area contributed by atoms with Crippen molar-refractivity contribution in [3.8, 4) is 0 Å². The molecule has 7 nitrogen and oxygen atoms in total. The van der Waals surface area contributed by atoms with Crippen LogP contribution in [-0.4, -0.2) is 46.9 Å². The number of benzene rings is 1. The number of ketones is 1. The molecule has 2 N–H and O–H groups in total. The molecule has 31 heavy (non-hydrogen) atoms. The number of esters is 1. The number of aromatic nitrogens is 1. The van der Waals surface area contributed by atoms with Gasteiger partial charge in [0.25, 0.3) is 0 Å². The van der Waals surface area contributed by atoms with Crippen molar-refractivity contribution in [2.24, 2.45) is 0 Å². The average molecular weight is 426 g/mol. The minimum absolute atomic E-state index is 0.0393. The summed E-state index contributed by atoms with van der Waals surface area (Å²) in [4.78, 5) is 42.7. The third-order valence-electron chi connectivity index (χ3n) is 5.59. The van der Waals surface area contributed by atoms with Gasteiger partial charge < -0.3 is 19.9 Å². The third kappa shape index (κ3) is 5.16. The Balaban J connectivity index is 1.74. The maximum Gasteiger partial charge on any atom is 0.355 e. The van der Waals surface area contributed by atoms with Crippen LogP contribution in [0.15, 0.2) is 24.3 Å². The molecule has 3 rings (SSSR count). The van der Waals surface area contributed by atoms with Crippen LogP contribution in [0.4, 0.5) is 10.5 Å². The van der Waals surface area contributed by atoms with Crippen molar-refractivity contribution in [3.05, 3.63) is 52.3 Å². The van der Waals surface area contributed by atoms with Gasteiger partial charge in [0.2, 0.25) is 0 Å². The Morgan fingerprint density at radius 1 is 1.16 bits per heavy atom. The number of hydrogen-bond donors (Lipinski definition) is 2. The van der Waals surface area contributed by atoms with Crippen LogP contribution in [0.25, 0.3) is 0 Å². The Kier molecular flexibility index (Phi) is 6.83. The normalized spacial score (nSPS) is 13.2. The van der Waals surface area contributed by atoms with Crippen molar-refractivity contribution in [3.63, 3.8) is 0 Å². The lowest BCUT2D eigenvalue weighted by molar-refractivity contribution is 0.0519. The Labute approximate surface area is 183 Å². The molecule has 7 heteroatoms. The van der Waals surface area contributed by atoms with Gasteiger partial charge in [0.05, 0.1) is 13.2 Å². The molecule has 1 aliphatic carbocycles. The fourth-order valence-electron chi connectivity index (χ4n) is 3.71. The number of aryl methyl sites for hydroxylation is 1. The molecule has 0 unspecified atom stereocenters. The number of H-pyrrole nitrogens is 1. The Morgan fingerprint density at radius 3 is 2.35 bits per heavy atom. The molecular formula is C24H31N3O4. The minimum atomic E-state index is -0.483. The number of amides is 2. The number of carbonyl (C=O) groups excluding carboxylic acids is 3. The number of Topliss-reactive ketones (excluding diaryl/α,β-unsaturated/α-hetero) is 1. The molecule has 2 amide bonds. The molecule has 1 aromatic carbocycles. The number of aromatic amines is 1. The van der Waals surface area contributed by atoms with Crippen molar-refractivity contribution in [2.75, 3.05) is 18.5 Å². The smallest absolute Gasteiger partial charge is 0.355 e. The summed E-state index contributed by atoms with van der Waals surface area (Å²) in [5.41, 5.74) is 3.79. The highest BCUT2D eigenvalue weighted by molar-refractivity contribution is 6.05. The first-order chi connectivity index (χ1) is 14.7. The van der Waals surface area contributed by atoms with E-state index in [9.17, 15) is 14.4 Å². The molecule has 1 fully saturated rings. The van der Waals surface area contributed by atoms with E-state index in [4.69, 9.17) is 4.74 Å². The molecule has 0 aliphatic heterocycles. The highest BCUT2D eigenvalue weighted by atomic mass is 16.5. The Hall–Kier alpha value is -3.09. The number of nitrogens with zero attached hydrogens (tertiary/aromatic N) is 1. The molecule has 0 bridgehead atoms. The summed E-state index contributed by atoms with van der Waals surface area (Å²) in [6.07, 6.45) is 1.76. The van der Waals surface area contributed by atoms with Gasteiger partial charge in [-0.3, -0.25) is 4.79 Å². The third-order valence-corrected chi connectivity index (χ3v) is 5.59. The van der Waals surface area contributed by atoms with E-state index in [2.05, 4.69) is 24.1 Å². The number of urea groups is 1. The van der Waals surface area contributed by atoms with Gasteiger partial charge in [-0.2, -0.15) is 0 Å². The number of ether oxygens (including phenoxy) is 1. The standard InChI is InChI=1S/C24H31N3O4/c1-6-31-23(29)22-15(4)21(16(5)25-22)20(28)13-27(19-11-12-19)24(30)26-18-9-7-17(8-10-18)14(2)3/h7-10,14,19,25H,6,11-13H2,1-5H3,(H,26,30). The summed E-state index contributed by atoms with van der Waals surface area (Å²) in [5, 5.41) is 2.91. The molecule has 0 saturated heterocycles. The lowest BCUT2D eigenvalue weighted by Crippen LogP contribution is -2.40. The second kappa shape index (κ2) is 9.37. The molecule has 166 valence electrons. The van der Waals surface area contributed by atoms with E-state index in [1.54, 1.807) is 25.7 Å². The fraction of sp³-hybridized carbons (Fsp3) is 0.458. The van der Waals surface area contributed by atoms with Gasteiger partial charge >= 0.3 is 12.0 Å². The van der Waals surface area contributed by atoms with Crippen LogP contribution in [0.5, 0.6) is 0 Å². The lowest BCUT2D eigenvalue weighted by Gasteiger charge is -2.22. The number of anilines is 1. The number of rotatable bonds is 8. The summed E-state index contributed by atoms with van der Waals surface area (Å²) in [6, 6.07) is 7.53. The molecule has 1 heterocycles. The minimum Gasteiger partial charge on any atom is -0.461 e. The van der Waals surface area contributed by atoms with Gasteiger partial charge in [0.15, 0.2) is 5.78 Å². The summed E-state index contributed by atoms with van der Waals surface area (Å²) in [5.74, 6) is -0.263. The van der Waals surface area contributed by atoms with E-state index in [0.29, 0.717) is 28.4 Å². The van der Waals surface area contributed by atoms with E-state index in [1.165, 1.54) is 5.56 Å². The van der Waals surface area contributed by atoms with Gasteiger partial charge in [0.1, 0.15) is 5.69 Å². The summed E-state index contributed by atoms with van der Waals surface area (Å²) >= 11 is 0. The van der Waals surface area contributed by atoms with Gasteiger partial charge in [0, 0.05) is 23.0 Å². The van der Waals surface area contributed by atoms with Crippen molar-refractivity contribution in [2.45, 2.75) is 59.4 Å². The summed E-state index contributed by atoms with van der Waals surface area (Å²) in [7, 11) is 0. The molecule has 1 aromatic heterocycles. The summed E-state index contributed by atoms with van der Waals surface area (Å²) < 4.78 is 5.06. The van der Waals surface area contributed by atoms with E-state index in [1.807, 2.05) is 24.3 Å². The molecular weight excluding hydrogens is 394 g/mol. The molecule has 0 radical (unpaired) electrons. The first kappa shape index (κ1) is 22.6. The topological polar surface area (TPSA) is 91.5 Å². The first-order valence-electron chi connectivity index (χ1n) is 10.8. The van der Waals surface area contributed by atoms with Crippen molar-refractivity contribution >= 4 is 23.5 Å². The zero-order chi connectivity index (χ0) is 22.7. The monoisotopic (exact) mass is 425 g/mol. The predicted octanol–water partition coefficient (Wildman–Crippen LogP) is 4.81. The van der Waals surface area contributed by atoms with Crippen LogP contribution in [0.1, 0.15) is 77.2 Å². The van der Waals surface area contributed by atoms with Gasteiger partial charge in [-0.15, -0.1) is 0 Å². The molecule has 1 aliphatic rings. The molecule has 0 atom stereocenters. The van der Waals surface area contributed by atoms with Crippen LogP contribution in [0.2, 0.25) is 0 Å². The number of hydrogen-bond acceptors (Lipinski definition) is 4. The maximum atomic E-state index is 13.1. The van der Waals surface area contributed by atoms with Crippen molar-refractivity contribution < 1.29 is 19.1 Å². The van der Waals surface area contributed by atoms with Gasteiger partial charge in [-0.1, -0.05) is 26.0 Å². The second-order valence-corrected chi connectivity index (χ2v) is 8.33. The predicted molar refractivity (Wildman–Crippen MR) is 120 cm³/mol. The van der Waals surface area contributed by atoms with E-state index < -0.39 is 5.97 Å². The SMILES string of the molecule is CCOC(=O)c1[nH]c(C)c(C(=O)CN(C(=O)Nc2ccc(C(C)C)cc2)C2CC2)c1C. The quantitative estimate of drug-likeness (QED) is 0.469. The molecule has 1 saturated carbocycles. The first-order valence-corrected chi connectivity index (χ1v) is 10.8. The van der Waals surface area contributed by atoms with Crippen molar-refractivity contribution in [1.82, 2.24) is 9.88 Å². The van der Waals surface area contributed by atoms with Crippen LogP contribution < -0.4 is 5.32 Å². The fourth-order valence-corrected chi connectivity index (χ4v) is 3.71. The summed E-state index contributed by atoms with van der Waals surface area (Å²) in [6.45, 7) is 9.66. The maximum absolute atomic E-state index is 13.1. The molecule has 0 spiro atoms. The van der Waals surface area contributed by atoms with Crippen LogP contribution >= 0.6 is 0 Å². The average Bonchev–Trinajstić information content (AvgIpc) is 3.51. The second-order valence-electron chi connectivity index (χ2n) is 8.33. The highest BCUT2D eigenvalue weighted by Crippen LogP contribution is 2.29. The zero-order valence-electron chi connectivity index (χ0n) is 18.9. The lowest BCUT2D eigenvalue weighted by atomic mass is 10.0. The van der Waals surface area contributed by atoms with Crippen molar-refractivity contribution in [1.29, 1.82) is 0 Å². The zero-order valence-corrected chi connectivity index (χ0v) is 18.9. The largest absolute Gasteiger partial charge is 0.461 e. The number of nitrogens with one attached hydrogen (secondary N) is 2. The highest BCUT2D eigenvalue weighted by Gasteiger charge is 2.35. The van der Waals surface area contributed by atoms with E-state index >= 15 is 0 Å². The number of carbonyl (C=O) groups is 3. The van der Waals surface area contributed by atoms with E-state index in [0.717, 1.165) is 12.8 Å².